The molecule has 7 nitrogen and oxygen atoms in total. The van der Waals surface area contributed by atoms with E-state index in [4.69, 9.17) is 19.2 Å². The number of nitrogens with zero attached hydrogens (tertiary/aromatic N) is 2. The molecule has 0 bridgehead atoms. The lowest BCUT2D eigenvalue weighted by Crippen LogP contribution is -2.41. The number of hydrogen-bond acceptors (Lipinski definition) is 6. The summed E-state index contributed by atoms with van der Waals surface area (Å²) >= 11 is 0. The topological polar surface area (TPSA) is 78.0 Å². The Morgan fingerprint density at radius 2 is 1.61 bits per heavy atom. The molecule has 4 rings (SSSR count). The van der Waals surface area contributed by atoms with Gasteiger partial charge in [-0.2, -0.15) is 0 Å². The average Bonchev–Trinajstić information content (AvgIpc) is 2.82. The van der Waals surface area contributed by atoms with E-state index < -0.39 is 10.8 Å². The summed E-state index contributed by atoms with van der Waals surface area (Å²) in [5, 5.41) is 0.787. The predicted molar refractivity (Wildman–Crippen MR) is 121 cm³/mol. The van der Waals surface area contributed by atoms with Crippen molar-refractivity contribution in [2.45, 2.75) is 0 Å². The van der Waals surface area contributed by atoms with E-state index in [2.05, 4.69) is 0 Å². The summed E-state index contributed by atoms with van der Waals surface area (Å²) < 4.78 is 28.1. The third kappa shape index (κ3) is 4.07. The largest absolute Gasteiger partial charge is 0.493 e. The molecule has 1 aliphatic rings. The normalized spacial score (nSPS) is 14.5. The molecule has 0 aliphatic carbocycles. The molecule has 0 N–H and O–H groups in total. The Bertz CT molecular complexity index is 1130. The standard InChI is InChI=1S/C23H24N2O5S/c1-28-20-12-15(13-21(29-2)22(20)30-3)19-14-17(16-6-4-5-7-18(16)24-19)23(26)25-8-10-31(27)11-9-25/h4-7,12-14H,8-11H2,1-3H3. The quantitative estimate of drug-likeness (QED) is 0.607. The van der Waals surface area contributed by atoms with Gasteiger partial charge < -0.3 is 19.1 Å². The molecule has 0 saturated carbocycles. The van der Waals surface area contributed by atoms with Crippen LogP contribution in [0, 0.1) is 0 Å². The zero-order valence-corrected chi connectivity index (χ0v) is 18.5. The van der Waals surface area contributed by atoms with Gasteiger partial charge in [-0.05, 0) is 24.3 Å². The Morgan fingerprint density at radius 3 is 2.23 bits per heavy atom. The van der Waals surface area contributed by atoms with Crippen molar-refractivity contribution < 1.29 is 23.2 Å². The summed E-state index contributed by atoms with van der Waals surface area (Å²) in [6, 6.07) is 13.0. The number of amides is 1. The molecule has 2 heterocycles. The average molecular weight is 441 g/mol. The van der Waals surface area contributed by atoms with Crippen LogP contribution in [-0.2, 0) is 10.8 Å². The fourth-order valence-corrected chi connectivity index (χ4v) is 4.79. The number of carbonyl (C=O) groups is 1. The number of pyridine rings is 1. The van der Waals surface area contributed by atoms with Gasteiger partial charge in [-0.3, -0.25) is 9.00 Å². The Morgan fingerprint density at radius 1 is 0.968 bits per heavy atom. The van der Waals surface area contributed by atoms with Gasteiger partial charge in [0.2, 0.25) is 5.75 Å². The molecular weight excluding hydrogens is 416 g/mol. The van der Waals surface area contributed by atoms with Crippen LogP contribution in [-0.4, -0.2) is 65.9 Å². The molecule has 0 radical (unpaired) electrons. The van der Waals surface area contributed by atoms with Gasteiger partial charge in [-0.15, -0.1) is 0 Å². The number of hydrogen-bond donors (Lipinski definition) is 0. The molecule has 1 aromatic heterocycles. The van der Waals surface area contributed by atoms with E-state index in [0.717, 1.165) is 16.5 Å². The fraction of sp³-hybridized carbons (Fsp3) is 0.304. The minimum atomic E-state index is -0.852. The van der Waals surface area contributed by atoms with E-state index in [0.29, 0.717) is 53.1 Å². The maximum absolute atomic E-state index is 13.4. The molecular formula is C23H24N2O5S. The third-order valence-corrected chi connectivity index (χ3v) is 6.65. The molecule has 2 aromatic carbocycles. The van der Waals surface area contributed by atoms with E-state index in [9.17, 15) is 9.00 Å². The Labute approximate surface area is 183 Å². The number of para-hydroxylation sites is 1. The van der Waals surface area contributed by atoms with Crippen LogP contribution in [0.4, 0.5) is 0 Å². The van der Waals surface area contributed by atoms with Gasteiger partial charge in [-0.1, -0.05) is 18.2 Å². The van der Waals surface area contributed by atoms with Crippen LogP contribution in [0.5, 0.6) is 17.2 Å². The van der Waals surface area contributed by atoms with Gasteiger partial charge in [0, 0.05) is 46.3 Å². The highest BCUT2D eigenvalue weighted by atomic mass is 32.2. The Hall–Kier alpha value is -3.13. The van der Waals surface area contributed by atoms with Crippen molar-refractivity contribution in [3.8, 4) is 28.5 Å². The zero-order valence-electron chi connectivity index (χ0n) is 17.7. The minimum absolute atomic E-state index is 0.0796. The summed E-state index contributed by atoms with van der Waals surface area (Å²) in [6.45, 7) is 0.975. The van der Waals surface area contributed by atoms with Gasteiger partial charge >= 0.3 is 0 Å². The van der Waals surface area contributed by atoms with Gasteiger partial charge in [0.1, 0.15) is 0 Å². The van der Waals surface area contributed by atoms with Crippen molar-refractivity contribution >= 4 is 27.6 Å². The number of methoxy groups -OCH3 is 3. The molecule has 8 heteroatoms. The van der Waals surface area contributed by atoms with Crippen molar-refractivity contribution in [2.75, 3.05) is 45.9 Å². The number of aromatic nitrogens is 1. The second-order valence-corrected chi connectivity index (χ2v) is 8.82. The van der Waals surface area contributed by atoms with Crippen LogP contribution < -0.4 is 14.2 Å². The minimum Gasteiger partial charge on any atom is -0.493 e. The maximum Gasteiger partial charge on any atom is 0.254 e. The van der Waals surface area contributed by atoms with Crippen molar-refractivity contribution in [1.82, 2.24) is 9.88 Å². The van der Waals surface area contributed by atoms with Gasteiger partial charge in [-0.25, -0.2) is 4.98 Å². The van der Waals surface area contributed by atoms with Crippen LogP contribution in [0.2, 0.25) is 0 Å². The molecule has 0 spiro atoms. The summed E-state index contributed by atoms with van der Waals surface area (Å²) in [6.07, 6.45) is 0. The van der Waals surface area contributed by atoms with E-state index >= 15 is 0 Å². The predicted octanol–water partition coefficient (Wildman–Crippen LogP) is 3.13. The highest BCUT2D eigenvalue weighted by Gasteiger charge is 2.24. The fourth-order valence-electron chi connectivity index (χ4n) is 3.74. The van der Waals surface area contributed by atoms with E-state index in [1.807, 2.05) is 36.4 Å². The smallest absolute Gasteiger partial charge is 0.254 e. The summed E-state index contributed by atoms with van der Waals surface area (Å²) in [4.78, 5) is 19.9. The number of benzene rings is 2. The molecule has 1 fully saturated rings. The molecule has 0 atom stereocenters. The molecule has 1 aliphatic heterocycles. The first kappa shape index (κ1) is 21.1. The monoisotopic (exact) mass is 440 g/mol. The van der Waals surface area contributed by atoms with Gasteiger partial charge in [0.25, 0.3) is 5.91 Å². The zero-order chi connectivity index (χ0) is 22.0. The lowest BCUT2D eigenvalue weighted by Gasteiger charge is -2.27. The second-order valence-electron chi connectivity index (χ2n) is 7.13. The first-order valence-corrected chi connectivity index (χ1v) is 11.4. The van der Waals surface area contributed by atoms with Crippen LogP contribution in [0.15, 0.2) is 42.5 Å². The maximum atomic E-state index is 13.4. The SMILES string of the molecule is COc1cc(-c2cc(C(=O)N3CCS(=O)CC3)c3ccccc3n2)cc(OC)c1OC. The van der Waals surface area contributed by atoms with Crippen molar-refractivity contribution in [1.29, 1.82) is 0 Å². The van der Waals surface area contributed by atoms with E-state index in [-0.39, 0.29) is 5.91 Å². The molecule has 1 saturated heterocycles. The summed E-state index contributed by atoms with van der Waals surface area (Å²) in [5.74, 6) is 2.45. The van der Waals surface area contributed by atoms with Gasteiger partial charge in [0.05, 0.1) is 38.1 Å². The molecule has 3 aromatic rings. The molecule has 1 amide bonds. The number of fused-ring (bicyclic) bond motifs is 1. The van der Waals surface area contributed by atoms with Gasteiger partial charge in [0.15, 0.2) is 11.5 Å². The van der Waals surface area contributed by atoms with Crippen LogP contribution in [0.1, 0.15) is 10.4 Å². The molecule has 31 heavy (non-hydrogen) atoms. The van der Waals surface area contributed by atoms with E-state index in [1.54, 1.807) is 32.3 Å². The highest BCUT2D eigenvalue weighted by Crippen LogP contribution is 2.41. The lowest BCUT2D eigenvalue weighted by molar-refractivity contribution is 0.0773. The Balaban J connectivity index is 1.85. The van der Waals surface area contributed by atoms with Crippen molar-refractivity contribution in [3.05, 3.63) is 48.0 Å². The summed E-state index contributed by atoms with van der Waals surface area (Å²) in [5.41, 5.74) is 2.66. The molecule has 162 valence electrons. The summed E-state index contributed by atoms with van der Waals surface area (Å²) in [7, 11) is 3.82. The number of ether oxygens (including phenoxy) is 3. The van der Waals surface area contributed by atoms with Crippen molar-refractivity contribution in [3.63, 3.8) is 0 Å². The van der Waals surface area contributed by atoms with Crippen LogP contribution >= 0.6 is 0 Å². The number of rotatable bonds is 5. The first-order valence-electron chi connectivity index (χ1n) is 9.90. The molecule has 0 unspecified atom stereocenters. The lowest BCUT2D eigenvalue weighted by atomic mass is 10.0. The Kier molecular flexibility index (Phi) is 6.08. The van der Waals surface area contributed by atoms with Crippen LogP contribution in [0.3, 0.4) is 0 Å². The van der Waals surface area contributed by atoms with E-state index in [1.165, 1.54) is 0 Å². The first-order chi connectivity index (χ1) is 15.0. The third-order valence-electron chi connectivity index (χ3n) is 5.37. The van der Waals surface area contributed by atoms with Crippen LogP contribution in [0.25, 0.3) is 22.2 Å². The second kappa shape index (κ2) is 8.93. The highest BCUT2D eigenvalue weighted by molar-refractivity contribution is 7.85. The van der Waals surface area contributed by atoms with Crippen molar-refractivity contribution in [2.24, 2.45) is 0 Å². The number of carbonyl (C=O) groups excluding carboxylic acids is 1.